The lowest BCUT2D eigenvalue weighted by Crippen LogP contribution is -2.06. The van der Waals surface area contributed by atoms with Crippen molar-refractivity contribution in [1.82, 2.24) is 9.38 Å². The van der Waals surface area contributed by atoms with Crippen LogP contribution >= 0.6 is 22.7 Å². The van der Waals surface area contributed by atoms with Gasteiger partial charge < -0.3 is 5.73 Å². The van der Waals surface area contributed by atoms with Gasteiger partial charge in [-0.2, -0.15) is 0 Å². The second-order valence-electron chi connectivity index (χ2n) is 5.17. The number of rotatable bonds is 4. The van der Waals surface area contributed by atoms with E-state index in [1.807, 2.05) is 6.07 Å². The molecule has 0 bridgehead atoms. The van der Waals surface area contributed by atoms with Gasteiger partial charge in [-0.25, -0.2) is 9.37 Å². The molecule has 3 nitrogen and oxygen atoms in total. The predicted octanol–water partition coefficient (Wildman–Crippen LogP) is 4.43. The summed E-state index contributed by atoms with van der Waals surface area (Å²) in [5.41, 5.74) is 9.95. The van der Waals surface area contributed by atoms with Crippen molar-refractivity contribution in [3.05, 3.63) is 58.7 Å². The highest BCUT2D eigenvalue weighted by Gasteiger charge is 2.18. The second kappa shape index (κ2) is 5.88. The highest BCUT2D eigenvalue weighted by molar-refractivity contribution is 7.15. The van der Waals surface area contributed by atoms with Crippen LogP contribution in [0.1, 0.15) is 5.69 Å². The van der Waals surface area contributed by atoms with Crippen molar-refractivity contribution < 1.29 is 4.39 Å². The summed E-state index contributed by atoms with van der Waals surface area (Å²) in [4.78, 5) is 6.89. The largest absolute Gasteiger partial charge is 0.330 e. The molecule has 0 aliphatic carbocycles. The van der Waals surface area contributed by atoms with E-state index in [1.54, 1.807) is 34.8 Å². The Bertz CT molecular complexity index is 936. The van der Waals surface area contributed by atoms with Crippen LogP contribution in [0.2, 0.25) is 0 Å². The van der Waals surface area contributed by atoms with Crippen LogP contribution in [-0.4, -0.2) is 15.9 Å². The number of halogens is 1. The first-order valence-corrected chi connectivity index (χ1v) is 9.02. The van der Waals surface area contributed by atoms with Crippen LogP contribution < -0.4 is 5.73 Å². The fraction of sp³-hybridized carbons (Fsp3) is 0.118. The van der Waals surface area contributed by atoms with Gasteiger partial charge in [-0.3, -0.25) is 4.40 Å². The van der Waals surface area contributed by atoms with Gasteiger partial charge in [0.1, 0.15) is 11.5 Å². The summed E-state index contributed by atoms with van der Waals surface area (Å²) in [6.07, 6.45) is 0.749. The van der Waals surface area contributed by atoms with Gasteiger partial charge in [0.15, 0.2) is 4.96 Å². The molecule has 4 aromatic rings. The molecular formula is C17H14FN3S2. The first kappa shape index (κ1) is 14.6. The Hall–Kier alpha value is -2.02. The number of fused-ring (bicyclic) bond motifs is 1. The summed E-state index contributed by atoms with van der Waals surface area (Å²) in [5, 5.41) is 4.11. The van der Waals surface area contributed by atoms with Gasteiger partial charge >= 0.3 is 0 Å². The normalized spacial score (nSPS) is 11.4. The number of nitrogens with two attached hydrogens (primary N) is 1. The predicted molar refractivity (Wildman–Crippen MR) is 94.5 cm³/mol. The van der Waals surface area contributed by atoms with Gasteiger partial charge in [0.05, 0.1) is 16.3 Å². The third kappa shape index (κ3) is 2.49. The fourth-order valence-electron chi connectivity index (χ4n) is 2.72. The first-order valence-electron chi connectivity index (χ1n) is 7.26. The van der Waals surface area contributed by atoms with Crippen molar-refractivity contribution in [2.45, 2.75) is 6.42 Å². The van der Waals surface area contributed by atoms with Crippen molar-refractivity contribution in [3.63, 3.8) is 0 Å². The smallest absolute Gasteiger partial charge is 0.194 e. The Kier molecular flexibility index (Phi) is 3.72. The maximum absolute atomic E-state index is 13.2. The number of hydrogen-bond acceptors (Lipinski definition) is 4. The molecule has 4 rings (SSSR count). The summed E-state index contributed by atoms with van der Waals surface area (Å²) >= 11 is 3.27. The zero-order valence-corrected chi connectivity index (χ0v) is 13.8. The number of benzene rings is 1. The standard InChI is InChI=1S/C17H14FN3S2/c18-12-5-3-11(4-6-12)14-10-23-17-20-16(15-2-1-9-22-15)13(7-8-19)21(14)17/h1-6,9-10H,7-8,19H2. The molecular weight excluding hydrogens is 329 g/mol. The van der Waals surface area contributed by atoms with Crippen LogP contribution in [0, 0.1) is 5.82 Å². The SMILES string of the molecule is NCCc1c(-c2cccs2)nc2scc(-c3ccc(F)cc3)n12. The highest BCUT2D eigenvalue weighted by Crippen LogP contribution is 2.34. The number of hydrogen-bond donors (Lipinski definition) is 1. The van der Waals surface area contributed by atoms with E-state index in [9.17, 15) is 4.39 Å². The Balaban J connectivity index is 1.95. The summed E-state index contributed by atoms with van der Waals surface area (Å²) in [5.74, 6) is -0.229. The molecule has 0 aliphatic rings. The molecule has 0 radical (unpaired) electrons. The third-order valence-electron chi connectivity index (χ3n) is 3.73. The summed E-state index contributed by atoms with van der Waals surface area (Å²) in [6.45, 7) is 0.560. The lowest BCUT2D eigenvalue weighted by atomic mass is 10.1. The minimum Gasteiger partial charge on any atom is -0.330 e. The van der Waals surface area contributed by atoms with Crippen molar-refractivity contribution in [1.29, 1.82) is 0 Å². The van der Waals surface area contributed by atoms with E-state index in [2.05, 4.69) is 21.2 Å². The number of thiophene rings is 1. The average molecular weight is 343 g/mol. The van der Waals surface area contributed by atoms with Crippen molar-refractivity contribution in [3.8, 4) is 21.8 Å². The van der Waals surface area contributed by atoms with Crippen molar-refractivity contribution in [2.24, 2.45) is 5.73 Å². The molecule has 0 aliphatic heterocycles. The van der Waals surface area contributed by atoms with Gasteiger partial charge in [0, 0.05) is 11.8 Å². The lowest BCUT2D eigenvalue weighted by molar-refractivity contribution is 0.628. The fourth-order valence-corrected chi connectivity index (χ4v) is 4.37. The number of nitrogens with zero attached hydrogens (tertiary/aromatic N) is 2. The molecule has 0 atom stereocenters. The van der Waals surface area contributed by atoms with Gasteiger partial charge in [0.25, 0.3) is 0 Å². The minimum absolute atomic E-state index is 0.229. The topological polar surface area (TPSA) is 43.3 Å². The zero-order chi connectivity index (χ0) is 15.8. The molecule has 0 fully saturated rings. The van der Waals surface area contributed by atoms with Crippen LogP contribution in [0.25, 0.3) is 26.8 Å². The molecule has 0 unspecified atom stereocenters. The highest BCUT2D eigenvalue weighted by atomic mass is 32.1. The summed E-state index contributed by atoms with van der Waals surface area (Å²) < 4.78 is 15.4. The Morgan fingerprint density at radius 3 is 2.65 bits per heavy atom. The van der Waals surface area contributed by atoms with E-state index in [1.165, 1.54) is 12.1 Å². The Morgan fingerprint density at radius 1 is 1.13 bits per heavy atom. The third-order valence-corrected chi connectivity index (χ3v) is 5.44. The maximum atomic E-state index is 13.2. The summed E-state index contributed by atoms with van der Waals surface area (Å²) in [6, 6.07) is 10.7. The summed E-state index contributed by atoms with van der Waals surface area (Å²) in [7, 11) is 0. The Labute approximate surface area is 140 Å². The number of aromatic nitrogens is 2. The average Bonchev–Trinajstić information content (AvgIpc) is 3.25. The molecule has 3 heterocycles. The molecule has 0 saturated heterocycles. The van der Waals surface area contributed by atoms with Crippen LogP contribution in [0.4, 0.5) is 4.39 Å². The molecule has 116 valence electrons. The molecule has 3 aromatic heterocycles. The molecule has 1 aromatic carbocycles. The van der Waals surface area contributed by atoms with Gasteiger partial charge in [-0.05, 0) is 47.8 Å². The van der Waals surface area contributed by atoms with Gasteiger partial charge in [0.2, 0.25) is 0 Å². The minimum atomic E-state index is -0.229. The zero-order valence-electron chi connectivity index (χ0n) is 12.2. The van der Waals surface area contributed by atoms with Gasteiger partial charge in [-0.15, -0.1) is 22.7 Å². The van der Waals surface area contributed by atoms with Crippen molar-refractivity contribution >= 4 is 27.6 Å². The molecule has 2 N–H and O–H groups in total. The quantitative estimate of drug-likeness (QED) is 0.595. The van der Waals surface area contributed by atoms with E-state index in [4.69, 9.17) is 10.7 Å². The van der Waals surface area contributed by atoms with Crippen LogP contribution in [0.3, 0.4) is 0 Å². The van der Waals surface area contributed by atoms with Crippen LogP contribution in [0.5, 0.6) is 0 Å². The van der Waals surface area contributed by atoms with Crippen LogP contribution in [0.15, 0.2) is 47.2 Å². The van der Waals surface area contributed by atoms with Crippen LogP contribution in [-0.2, 0) is 6.42 Å². The molecule has 6 heteroatoms. The monoisotopic (exact) mass is 343 g/mol. The van der Waals surface area contributed by atoms with E-state index < -0.39 is 0 Å². The first-order chi connectivity index (χ1) is 11.3. The van der Waals surface area contributed by atoms with E-state index in [0.29, 0.717) is 6.54 Å². The van der Waals surface area contributed by atoms with E-state index >= 15 is 0 Å². The Morgan fingerprint density at radius 2 is 1.96 bits per heavy atom. The molecule has 23 heavy (non-hydrogen) atoms. The molecule has 0 amide bonds. The number of imidazole rings is 1. The van der Waals surface area contributed by atoms with E-state index in [0.717, 1.165) is 38.9 Å². The molecule has 0 spiro atoms. The second-order valence-corrected chi connectivity index (χ2v) is 6.95. The lowest BCUT2D eigenvalue weighted by Gasteiger charge is -2.05. The van der Waals surface area contributed by atoms with Gasteiger partial charge in [-0.1, -0.05) is 6.07 Å². The number of thiazole rings is 1. The van der Waals surface area contributed by atoms with E-state index in [-0.39, 0.29) is 5.82 Å². The van der Waals surface area contributed by atoms with Crippen molar-refractivity contribution in [2.75, 3.05) is 6.54 Å². The molecule has 0 saturated carbocycles. The maximum Gasteiger partial charge on any atom is 0.194 e.